The van der Waals surface area contributed by atoms with Gasteiger partial charge in [0.1, 0.15) is 17.7 Å². The standard InChI is InChI=1S/C16H23N3O4S/c1-16(2,3)23-15(22)18-12(14(21)19-8-9-24-10-19)13(20)11-4-6-17-7-5-11/h4-7,12-13,20H,8-10H2,1-3H3,(H,18,22)/t12-,13-/m1/s1. The first-order valence-electron chi connectivity index (χ1n) is 7.72. The van der Waals surface area contributed by atoms with Crippen molar-refractivity contribution >= 4 is 23.8 Å². The monoisotopic (exact) mass is 353 g/mol. The van der Waals surface area contributed by atoms with Gasteiger partial charge in [-0.2, -0.15) is 0 Å². The van der Waals surface area contributed by atoms with Crippen LogP contribution < -0.4 is 5.32 Å². The number of alkyl carbamates (subject to hydrolysis) is 1. The van der Waals surface area contributed by atoms with Crippen molar-refractivity contribution in [2.45, 2.75) is 38.5 Å². The molecule has 0 unspecified atom stereocenters. The number of ether oxygens (including phenoxy) is 1. The smallest absolute Gasteiger partial charge is 0.408 e. The van der Waals surface area contributed by atoms with Gasteiger partial charge in [0.2, 0.25) is 5.91 Å². The third-order valence-corrected chi connectivity index (χ3v) is 4.33. The number of hydrogen-bond donors (Lipinski definition) is 2. The lowest BCUT2D eigenvalue weighted by Crippen LogP contribution is -2.52. The minimum Gasteiger partial charge on any atom is -0.444 e. The number of nitrogens with one attached hydrogen (secondary N) is 1. The molecule has 0 radical (unpaired) electrons. The maximum Gasteiger partial charge on any atom is 0.408 e. The van der Waals surface area contributed by atoms with E-state index in [-0.39, 0.29) is 5.91 Å². The minimum atomic E-state index is -1.18. The van der Waals surface area contributed by atoms with E-state index in [1.807, 2.05) is 0 Å². The molecule has 0 aliphatic carbocycles. The van der Waals surface area contributed by atoms with Crippen LogP contribution in [0.15, 0.2) is 24.5 Å². The molecule has 0 saturated carbocycles. The van der Waals surface area contributed by atoms with Gasteiger partial charge in [-0.15, -0.1) is 11.8 Å². The van der Waals surface area contributed by atoms with Crippen LogP contribution in [0.25, 0.3) is 0 Å². The number of aliphatic hydroxyl groups excluding tert-OH is 1. The summed E-state index contributed by atoms with van der Waals surface area (Å²) < 4.78 is 5.22. The van der Waals surface area contributed by atoms with E-state index < -0.39 is 23.8 Å². The lowest BCUT2D eigenvalue weighted by atomic mass is 10.0. The zero-order valence-electron chi connectivity index (χ0n) is 14.1. The third kappa shape index (κ3) is 5.10. The highest BCUT2D eigenvalue weighted by molar-refractivity contribution is 7.99. The molecule has 2 N–H and O–H groups in total. The molecule has 7 nitrogen and oxygen atoms in total. The first-order valence-corrected chi connectivity index (χ1v) is 8.87. The summed E-state index contributed by atoms with van der Waals surface area (Å²) in [4.78, 5) is 30.3. The van der Waals surface area contributed by atoms with Crippen molar-refractivity contribution in [3.8, 4) is 0 Å². The molecule has 1 fully saturated rings. The highest BCUT2D eigenvalue weighted by atomic mass is 32.2. The van der Waals surface area contributed by atoms with Crippen molar-refractivity contribution in [2.75, 3.05) is 18.2 Å². The SMILES string of the molecule is CC(C)(C)OC(=O)N[C@@H](C(=O)N1CCSC1)[C@H](O)c1ccncc1. The van der Waals surface area contributed by atoms with Crippen molar-refractivity contribution in [3.05, 3.63) is 30.1 Å². The number of thioether (sulfide) groups is 1. The van der Waals surface area contributed by atoms with Gasteiger partial charge in [-0.3, -0.25) is 9.78 Å². The first-order chi connectivity index (χ1) is 11.3. The number of carbonyl (C=O) groups excluding carboxylic acids is 2. The van der Waals surface area contributed by atoms with Crippen LogP contribution in [0.2, 0.25) is 0 Å². The predicted octanol–water partition coefficient (Wildman–Crippen LogP) is 1.54. The number of aliphatic hydroxyl groups is 1. The summed E-state index contributed by atoms with van der Waals surface area (Å²) >= 11 is 1.63. The Bertz CT molecular complexity index is 570. The van der Waals surface area contributed by atoms with E-state index in [0.29, 0.717) is 18.0 Å². The Morgan fingerprint density at radius 3 is 2.58 bits per heavy atom. The molecule has 1 saturated heterocycles. The fraction of sp³-hybridized carbons (Fsp3) is 0.562. The number of amides is 2. The molecule has 0 aromatic carbocycles. The van der Waals surface area contributed by atoms with Crippen molar-refractivity contribution in [1.29, 1.82) is 0 Å². The zero-order chi connectivity index (χ0) is 17.7. The molecular weight excluding hydrogens is 330 g/mol. The number of rotatable bonds is 4. The van der Waals surface area contributed by atoms with Crippen molar-refractivity contribution in [3.63, 3.8) is 0 Å². The van der Waals surface area contributed by atoms with Gasteiger partial charge >= 0.3 is 6.09 Å². The quantitative estimate of drug-likeness (QED) is 0.853. The minimum absolute atomic E-state index is 0.324. The number of carbonyl (C=O) groups is 2. The van der Waals surface area contributed by atoms with Gasteiger partial charge < -0.3 is 20.1 Å². The van der Waals surface area contributed by atoms with E-state index >= 15 is 0 Å². The molecule has 132 valence electrons. The van der Waals surface area contributed by atoms with E-state index in [1.54, 1.807) is 49.6 Å². The second kappa shape index (κ2) is 7.85. The largest absolute Gasteiger partial charge is 0.444 e. The van der Waals surface area contributed by atoms with Crippen LogP contribution in [-0.4, -0.2) is 56.8 Å². The normalized spacial score (nSPS) is 17.2. The Kier molecular flexibility index (Phi) is 6.06. The molecule has 1 aliphatic rings. The van der Waals surface area contributed by atoms with E-state index in [9.17, 15) is 14.7 Å². The summed E-state index contributed by atoms with van der Waals surface area (Å²) in [5.74, 6) is 1.07. The topological polar surface area (TPSA) is 91.8 Å². The van der Waals surface area contributed by atoms with Crippen LogP contribution in [0, 0.1) is 0 Å². The van der Waals surface area contributed by atoms with Gasteiger partial charge in [-0.05, 0) is 38.5 Å². The van der Waals surface area contributed by atoms with Crippen molar-refractivity contribution in [2.24, 2.45) is 0 Å². The summed E-state index contributed by atoms with van der Waals surface area (Å²) in [6.45, 7) is 5.80. The van der Waals surface area contributed by atoms with Crippen LogP contribution in [0.3, 0.4) is 0 Å². The fourth-order valence-electron chi connectivity index (χ4n) is 2.25. The molecule has 1 aromatic rings. The van der Waals surface area contributed by atoms with Crippen LogP contribution in [0.1, 0.15) is 32.4 Å². The molecule has 2 rings (SSSR count). The van der Waals surface area contributed by atoms with E-state index in [0.717, 1.165) is 5.75 Å². The summed E-state index contributed by atoms with van der Waals surface area (Å²) in [5.41, 5.74) is -0.186. The number of aromatic nitrogens is 1. The van der Waals surface area contributed by atoms with Gasteiger partial charge in [0.05, 0.1) is 5.88 Å². The molecule has 2 atom stereocenters. The number of hydrogen-bond acceptors (Lipinski definition) is 6. The first kappa shape index (κ1) is 18.5. The molecule has 2 heterocycles. The molecule has 0 spiro atoms. The summed E-state index contributed by atoms with van der Waals surface area (Å²) in [6.07, 6.45) is 1.14. The van der Waals surface area contributed by atoms with Crippen molar-refractivity contribution in [1.82, 2.24) is 15.2 Å². The Morgan fingerprint density at radius 1 is 1.38 bits per heavy atom. The highest BCUT2D eigenvalue weighted by Crippen LogP contribution is 2.22. The molecule has 2 amide bonds. The molecule has 1 aliphatic heterocycles. The summed E-state index contributed by atoms with van der Waals surface area (Å²) in [5, 5.41) is 13.1. The molecule has 24 heavy (non-hydrogen) atoms. The maximum atomic E-state index is 12.7. The predicted molar refractivity (Wildman–Crippen MR) is 91.4 cm³/mol. The zero-order valence-corrected chi connectivity index (χ0v) is 14.9. The van der Waals surface area contributed by atoms with Gasteiger partial charge in [-0.1, -0.05) is 0 Å². The Hall–Kier alpha value is -1.80. The average Bonchev–Trinajstić information content (AvgIpc) is 3.05. The number of pyridine rings is 1. The molecule has 8 heteroatoms. The Morgan fingerprint density at radius 2 is 2.04 bits per heavy atom. The van der Waals surface area contributed by atoms with Crippen LogP contribution in [0.5, 0.6) is 0 Å². The maximum absolute atomic E-state index is 12.7. The van der Waals surface area contributed by atoms with Gasteiger partial charge in [0, 0.05) is 24.7 Å². The lowest BCUT2D eigenvalue weighted by Gasteiger charge is -2.28. The van der Waals surface area contributed by atoms with Crippen LogP contribution >= 0.6 is 11.8 Å². The fourth-order valence-corrected chi connectivity index (χ4v) is 3.20. The van der Waals surface area contributed by atoms with Gasteiger partial charge in [-0.25, -0.2) is 4.79 Å². The van der Waals surface area contributed by atoms with E-state index in [2.05, 4.69) is 10.3 Å². The average molecular weight is 353 g/mol. The lowest BCUT2D eigenvalue weighted by molar-refractivity contribution is -0.135. The summed E-state index contributed by atoms with van der Waals surface area (Å²) in [6, 6.07) is 2.11. The van der Waals surface area contributed by atoms with Crippen molar-refractivity contribution < 1.29 is 19.4 Å². The molecule has 0 bridgehead atoms. The second-order valence-corrected chi connectivity index (χ2v) is 7.56. The van der Waals surface area contributed by atoms with Gasteiger partial charge in [0.25, 0.3) is 0 Å². The molecule has 1 aromatic heterocycles. The van der Waals surface area contributed by atoms with Crippen LogP contribution in [-0.2, 0) is 9.53 Å². The third-order valence-electron chi connectivity index (χ3n) is 3.37. The second-order valence-electron chi connectivity index (χ2n) is 6.49. The Labute approximate surface area is 145 Å². The number of nitrogens with zero attached hydrogens (tertiary/aromatic N) is 2. The van der Waals surface area contributed by atoms with Gasteiger partial charge in [0.15, 0.2) is 0 Å². The highest BCUT2D eigenvalue weighted by Gasteiger charge is 2.35. The molecular formula is C16H23N3O4S. The van der Waals surface area contributed by atoms with E-state index in [4.69, 9.17) is 4.74 Å². The Balaban J connectivity index is 2.17. The van der Waals surface area contributed by atoms with Crippen LogP contribution in [0.4, 0.5) is 4.79 Å². The summed E-state index contributed by atoms with van der Waals surface area (Å²) in [7, 11) is 0. The van der Waals surface area contributed by atoms with E-state index in [1.165, 1.54) is 12.4 Å².